The summed E-state index contributed by atoms with van der Waals surface area (Å²) < 4.78 is 68.5. The molecule has 0 aliphatic rings. The third-order valence-corrected chi connectivity index (χ3v) is 11.6. The van der Waals surface area contributed by atoms with Gasteiger partial charge < -0.3 is 9.11 Å². The summed E-state index contributed by atoms with van der Waals surface area (Å²) in [6.45, 7) is 4.48. The molecular formula is C44H62CaO6S2. The van der Waals surface area contributed by atoms with Crippen LogP contribution in [-0.4, -0.2) is 63.7 Å². The van der Waals surface area contributed by atoms with E-state index < -0.39 is 20.2 Å². The molecule has 288 valence electrons. The van der Waals surface area contributed by atoms with Crippen LogP contribution in [0.1, 0.15) is 153 Å². The van der Waals surface area contributed by atoms with Crippen molar-refractivity contribution in [1.82, 2.24) is 0 Å². The molecule has 6 nitrogen and oxygen atoms in total. The maximum Gasteiger partial charge on any atom is 2.00 e. The van der Waals surface area contributed by atoms with Crippen LogP contribution < -0.4 is 0 Å². The summed E-state index contributed by atoms with van der Waals surface area (Å²) in [6, 6.07) is 21.5. The van der Waals surface area contributed by atoms with E-state index in [1.165, 1.54) is 115 Å². The second kappa shape index (κ2) is 26.4. The van der Waals surface area contributed by atoms with Gasteiger partial charge in [0.05, 0.1) is 9.79 Å². The van der Waals surface area contributed by atoms with Crippen LogP contribution >= 0.6 is 0 Å². The minimum Gasteiger partial charge on any atom is -0.744 e. The monoisotopic (exact) mass is 790 g/mol. The standard InChI is InChI=1S/2C22H32O3S.Ca/c2*1-2-3-4-5-6-7-8-9-10-11-14-19-17-21(26(23,24)25)18-20-15-12-13-16-22(19)20;/h2*12-13,15-18H,2-11,14H2,1H3,(H,23,24,25);/q;;+2/p-2. The molecule has 0 fully saturated rings. The van der Waals surface area contributed by atoms with Crippen molar-refractivity contribution in [3.63, 3.8) is 0 Å². The molecule has 0 heterocycles. The molecule has 0 aliphatic heterocycles. The topological polar surface area (TPSA) is 114 Å². The molecule has 4 rings (SSSR count). The smallest absolute Gasteiger partial charge is 0.744 e. The molecule has 4 aromatic carbocycles. The van der Waals surface area contributed by atoms with Gasteiger partial charge in [0.1, 0.15) is 20.2 Å². The quantitative estimate of drug-likeness (QED) is 0.0396. The molecule has 0 unspecified atom stereocenters. The maximum atomic E-state index is 11.4. The van der Waals surface area contributed by atoms with Gasteiger partial charge in [0, 0.05) is 0 Å². The van der Waals surface area contributed by atoms with Gasteiger partial charge in [-0.15, -0.1) is 0 Å². The average molecular weight is 791 g/mol. The van der Waals surface area contributed by atoms with E-state index in [1.54, 1.807) is 12.1 Å². The Morgan fingerprint density at radius 2 is 0.698 bits per heavy atom. The van der Waals surface area contributed by atoms with Crippen molar-refractivity contribution < 1.29 is 25.9 Å². The van der Waals surface area contributed by atoms with Gasteiger partial charge in [-0.1, -0.05) is 178 Å². The van der Waals surface area contributed by atoms with Gasteiger partial charge in [-0.05, 0) is 82.6 Å². The maximum absolute atomic E-state index is 11.4. The number of unbranched alkanes of at least 4 members (excludes halogenated alkanes) is 18. The number of rotatable bonds is 24. The zero-order valence-electron chi connectivity index (χ0n) is 32.5. The first-order chi connectivity index (χ1) is 25.0. The van der Waals surface area contributed by atoms with Gasteiger partial charge in [-0.3, -0.25) is 0 Å². The summed E-state index contributed by atoms with van der Waals surface area (Å²) in [5.41, 5.74) is 1.94. The van der Waals surface area contributed by atoms with E-state index in [-0.39, 0.29) is 47.5 Å². The van der Waals surface area contributed by atoms with Crippen LogP contribution in [0.3, 0.4) is 0 Å². The van der Waals surface area contributed by atoms with Crippen molar-refractivity contribution >= 4 is 79.5 Å². The Labute approximate surface area is 351 Å². The molecule has 0 bridgehead atoms. The third kappa shape index (κ3) is 18.3. The molecule has 0 saturated heterocycles. The fourth-order valence-electron chi connectivity index (χ4n) is 7.03. The van der Waals surface area contributed by atoms with Crippen LogP contribution in [0.4, 0.5) is 0 Å². The Kier molecular flexibility index (Phi) is 23.7. The molecule has 9 heteroatoms. The first-order valence-corrected chi connectivity index (χ1v) is 22.8. The van der Waals surface area contributed by atoms with Crippen molar-refractivity contribution in [3.05, 3.63) is 83.9 Å². The van der Waals surface area contributed by atoms with E-state index in [0.717, 1.165) is 71.2 Å². The molecule has 0 aromatic heterocycles. The van der Waals surface area contributed by atoms with Gasteiger partial charge >= 0.3 is 37.7 Å². The predicted molar refractivity (Wildman–Crippen MR) is 221 cm³/mol. The van der Waals surface area contributed by atoms with E-state index in [4.69, 9.17) is 0 Å². The van der Waals surface area contributed by atoms with Crippen LogP contribution in [-0.2, 0) is 33.1 Å². The molecule has 0 aliphatic carbocycles. The van der Waals surface area contributed by atoms with E-state index in [1.807, 2.05) is 48.5 Å². The largest absolute Gasteiger partial charge is 2.00 e. The molecular weight excluding hydrogens is 729 g/mol. The Morgan fingerprint density at radius 1 is 0.415 bits per heavy atom. The predicted octanol–water partition coefficient (Wildman–Crippen LogP) is 12.0. The summed E-state index contributed by atoms with van der Waals surface area (Å²) in [5, 5.41) is 3.75. The summed E-state index contributed by atoms with van der Waals surface area (Å²) in [4.78, 5) is -0.225. The van der Waals surface area contributed by atoms with Crippen LogP contribution in [0.5, 0.6) is 0 Å². The van der Waals surface area contributed by atoms with Crippen LogP contribution in [0.15, 0.2) is 82.6 Å². The molecule has 53 heavy (non-hydrogen) atoms. The molecule has 4 aromatic rings. The van der Waals surface area contributed by atoms with Crippen molar-refractivity contribution in [2.45, 2.75) is 165 Å². The second-order valence-electron chi connectivity index (χ2n) is 14.4. The number of aryl methyl sites for hydroxylation is 2. The number of fused-ring (bicyclic) bond motifs is 2. The Balaban J connectivity index is 0.000000360. The Hall–Kier alpha value is -1.52. The van der Waals surface area contributed by atoms with Crippen LogP contribution in [0.2, 0.25) is 0 Å². The first-order valence-electron chi connectivity index (χ1n) is 20.0. The van der Waals surface area contributed by atoms with Gasteiger partial charge in [0.2, 0.25) is 0 Å². The van der Waals surface area contributed by atoms with Crippen molar-refractivity contribution in [2.24, 2.45) is 0 Å². The molecule has 0 amide bonds. The molecule has 0 N–H and O–H groups in total. The van der Waals surface area contributed by atoms with Crippen LogP contribution in [0.25, 0.3) is 21.5 Å². The van der Waals surface area contributed by atoms with Gasteiger partial charge in [-0.2, -0.15) is 0 Å². The fraction of sp³-hybridized carbons (Fsp3) is 0.545. The van der Waals surface area contributed by atoms with Gasteiger partial charge in [-0.25, -0.2) is 16.8 Å². The van der Waals surface area contributed by atoms with Crippen molar-refractivity contribution in [2.75, 3.05) is 0 Å². The second-order valence-corrected chi connectivity index (χ2v) is 17.1. The van der Waals surface area contributed by atoms with E-state index in [9.17, 15) is 25.9 Å². The molecule has 0 saturated carbocycles. The third-order valence-electron chi connectivity index (χ3n) is 10.0. The van der Waals surface area contributed by atoms with Gasteiger partial charge in [0.15, 0.2) is 0 Å². The molecule has 0 spiro atoms. The summed E-state index contributed by atoms with van der Waals surface area (Å²) in [7, 11) is -8.84. The zero-order valence-corrected chi connectivity index (χ0v) is 36.3. The van der Waals surface area contributed by atoms with E-state index >= 15 is 0 Å². The van der Waals surface area contributed by atoms with Crippen molar-refractivity contribution in [3.8, 4) is 0 Å². The minimum atomic E-state index is -4.42. The number of benzene rings is 4. The summed E-state index contributed by atoms with van der Waals surface area (Å²) in [5.74, 6) is 0. The van der Waals surface area contributed by atoms with Gasteiger partial charge in [0.25, 0.3) is 0 Å². The molecule has 0 atom stereocenters. The fourth-order valence-corrected chi connectivity index (χ4v) is 8.14. The Morgan fingerprint density at radius 3 is 1.00 bits per heavy atom. The summed E-state index contributed by atoms with van der Waals surface area (Å²) >= 11 is 0. The normalized spacial score (nSPS) is 11.7. The SMILES string of the molecule is CCCCCCCCCCCCc1cc(S(=O)(=O)[O-])cc2ccccc12.CCCCCCCCCCCCc1cc(S(=O)(=O)[O-])cc2ccccc12.[Ca+2]. The first kappa shape index (κ1) is 47.6. The average Bonchev–Trinajstić information content (AvgIpc) is 3.12. The minimum absolute atomic E-state index is 0. The van der Waals surface area contributed by atoms with Crippen molar-refractivity contribution in [1.29, 1.82) is 0 Å². The summed E-state index contributed by atoms with van der Waals surface area (Å²) in [6.07, 6.45) is 27.1. The Bertz CT molecular complexity index is 1700. The van der Waals surface area contributed by atoms with Crippen LogP contribution in [0, 0.1) is 0 Å². The van der Waals surface area contributed by atoms with E-state index in [0.29, 0.717) is 0 Å². The zero-order chi connectivity index (χ0) is 37.7. The number of hydrogen-bond donors (Lipinski definition) is 0. The van der Waals surface area contributed by atoms with E-state index in [2.05, 4.69) is 13.8 Å². The number of hydrogen-bond acceptors (Lipinski definition) is 6. The molecule has 0 radical (unpaired) electrons.